The number of rotatable bonds is 31. The van der Waals surface area contributed by atoms with E-state index < -0.39 is 25.3 Å². The van der Waals surface area contributed by atoms with E-state index in [1.54, 1.807) is 121 Å². The van der Waals surface area contributed by atoms with E-state index in [1.807, 2.05) is 0 Å². The summed E-state index contributed by atoms with van der Waals surface area (Å²) in [5, 5.41) is 25.7. The Hall–Kier alpha value is -7.31. The number of nitrogens with two attached hydrogens (primary N) is 1. The minimum Gasteiger partial charge on any atom is -0.486 e. The number of hydrogen-bond donors (Lipinski definition) is 8. The Morgan fingerprint density at radius 3 is 1.08 bits per heavy atom. The van der Waals surface area contributed by atoms with Gasteiger partial charge in [0.1, 0.15) is 76.1 Å². The van der Waals surface area contributed by atoms with Gasteiger partial charge in [-0.25, -0.2) is 34.4 Å². The number of aliphatic hydroxyl groups is 2. The second-order valence-corrected chi connectivity index (χ2v) is 29.7. The van der Waals surface area contributed by atoms with Gasteiger partial charge in [0.25, 0.3) is 20.0 Å². The highest BCUT2D eigenvalue weighted by Crippen LogP contribution is 2.35. The summed E-state index contributed by atoms with van der Waals surface area (Å²) in [5.41, 5.74) is 9.70. The number of ether oxygens (including phenoxy) is 8. The molecule has 0 saturated carbocycles. The molecule has 0 bridgehead atoms. The average Bonchev–Trinajstić information content (AvgIpc) is 0.819. The van der Waals surface area contributed by atoms with E-state index in [2.05, 4.69) is 102 Å². The molecule has 0 aliphatic carbocycles. The maximum atomic E-state index is 12.9. The second-order valence-electron chi connectivity index (χ2n) is 22.0. The molecule has 2 aliphatic rings. The zero-order chi connectivity index (χ0) is 79.7. The van der Waals surface area contributed by atoms with E-state index in [-0.39, 0.29) is 117 Å². The van der Waals surface area contributed by atoms with Crippen LogP contribution in [0.25, 0.3) is 0 Å². The summed E-state index contributed by atoms with van der Waals surface area (Å²) in [6.45, 7) is 4.23. The summed E-state index contributed by atoms with van der Waals surface area (Å²) in [4.78, 5) is 44.7. The Morgan fingerprint density at radius 1 is 0.450 bits per heavy atom. The van der Waals surface area contributed by atoms with Gasteiger partial charge in [-0.2, -0.15) is 0 Å². The highest BCUT2D eigenvalue weighted by atomic mass is 127. The van der Waals surface area contributed by atoms with E-state index in [0.717, 1.165) is 46.5 Å². The Morgan fingerprint density at radius 2 is 0.761 bits per heavy atom. The van der Waals surface area contributed by atoms with Gasteiger partial charge in [0.15, 0.2) is 23.0 Å². The molecule has 8 aromatic carbocycles. The third-order valence-corrected chi connectivity index (χ3v) is 19.4. The van der Waals surface area contributed by atoms with Gasteiger partial charge in [-0.3, -0.25) is 28.6 Å². The van der Waals surface area contributed by atoms with E-state index >= 15 is 0 Å². The average molecular weight is 1930 g/mol. The molecule has 592 valence electrons. The van der Waals surface area contributed by atoms with Gasteiger partial charge in [-0.1, -0.05) is 115 Å². The van der Waals surface area contributed by atoms with Crippen molar-refractivity contribution in [2.75, 3.05) is 117 Å². The maximum Gasteiger partial charge on any atom is 0.261 e. The fraction of sp³-hybridized carbons (Fsp3) is 0.297. The molecule has 0 radical (unpaired) electrons. The van der Waals surface area contributed by atoms with Crippen molar-refractivity contribution in [3.63, 3.8) is 0 Å². The molecule has 0 saturated heterocycles. The molecule has 35 heteroatoms. The molecule has 0 spiro atoms. The fourth-order valence-electron chi connectivity index (χ4n) is 8.33. The molecule has 0 unspecified atom stereocenters. The Balaban J connectivity index is 0.000000294. The molecule has 10 rings (SSSR count). The summed E-state index contributed by atoms with van der Waals surface area (Å²) < 4.78 is 150. The highest BCUT2D eigenvalue weighted by molar-refractivity contribution is 14.1. The van der Waals surface area contributed by atoms with Crippen molar-refractivity contribution in [3.8, 4) is 23.0 Å². The van der Waals surface area contributed by atoms with Crippen LogP contribution in [-0.4, -0.2) is 157 Å². The van der Waals surface area contributed by atoms with Gasteiger partial charge in [0, 0.05) is 57.0 Å². The van der Waals surface area contributed by atoms with Gasteiger partial charge >= 0.3 is 0 Å². The molecule has 9 N–H and O–H groups in total. The summed E-state index contributed by atoms with van der Waals surface area (Å²) in [6.07, 6.45) is 0.527. The van der Waals surface area contributed by atoms with Crippen molar-refractivity contribution in [3.05, 3.63) is 237 Å². The summed E-state index contributed by atoms with van der Waals surface area (Å²) in [7, 11) is -7.39. The lowest BCUT2D eigenvalue weighted by Crippen LogP contribution is -2.29. The minimum absolute atomic E-state index is 0.0357. The normalized spacial score (nSPS) is 11.4. The van der Waals surface area contributed by atoms with Crippen LogP contribution in [0.2, 0.25) is 0 Å². The maximum absolute atomic E-state index is 12.9. The first-order chi connectivity index (χ1) is 52.4. The van der Waals surface area contributed by atoms with Crippen LogP contribution in [0.3, 0.4) is 0 Å². The molecule has 2 heterocycles. The first kappa shape index (κ1) is 94.1. The van der Waals surface area contributed by atoms with Gasteiger partial charge < -0.3 is 69.8 Å². The van der Waals surface area contributed by atoms with E-state index in [9.17, 15) is 53.6 Å². The molecule has 0 atom stereocenters. The number of carbonyl (C=O) groups excluding carboxylic acids is 4. The summed E-state index contributed by atoms with van der Waals surface area (Å²) >= 11 is 15.8. The largest absolute Gasteiger partial charge is 0.486 e. The van der Waals surface area contributed by atoms with Crippen molar-refractivity contribution in [2.45, 2.75) is 42.6 Å². The minimum atomic E-state index is -3.78. The van der Waals surface area contributed by atoms with Gasteiger partial charge in [-0.05, 0) is 178 Å². The zero-order valence-corrected chi connectivity index (χ0v) is 68.5. The number of anilines is 2. The second kappa shape index (κ2) is 54.3. The van der Waals surface area contributed by atoms with Crippen molar-refractivity contribution >= 4 is 143 Å². The SMILES string of the molecule is BrCCBr.NCCO.O=C(COCc1ccc(F)cc1)NCCI.O=C(COCc1ccc(F)cc1)NCCO.O=C(COCc1ccc(F)cc1)NCCc1ccc(S(=O)(=O)Nc2ccc3c(c2)OCCO3)cc1.O=C(Cl)COCc1ccc(F)cc1.O=S(=O)(Nc1ccc2c(c1)OCCO2)c1ccc(I)cc1. The molecule has 0 aromatic heterocycles. The molecular weight excluding hydrogens is 1850 g/mol. The standard InChI is InChI=1S/C25H25FN2O6S.C14H12INO4S.C11H13FINO2.C11H14FNO3.C9H8ClFO2.C2H4Br2.C2H7NO/c26-20-5-1-19(2-6-20)16-32-17-25(29)27-12-11-18-3-8-22(9-4-18)35(30,31)28-21-7-10-23-24(15-21)34-14-13-33-23;15-10-1-4-12(5-2-10)21(17,18)16-11-3-6-13-14(9-11)20-8-7-19-13;12-10-3-1-9(2-4-10)7-16-8-11(15)14-6-5-13;12-10-3-1-9(2-4-10)7-16-8-11(15)13-5-6-14;10-9(12)6-13-5-7-1-3-8(11)4-2-7;2*3-1-2-4/h1-10,15,28H,11-14,16-17H2,(H,27,29);1-6,9,16H,7-8H2;1-4H,5-8H2,(H,14,15);1-4,14H,5-8H2,(H,13,15);1-4H,5-6H2;1-2H2;4H,1-3H2. The van der Waals surface area contributed by atoms with E-state index in [4.69, 9.17) is 65.4 Å². The number of hydrogen-bond acceptors (Lipinski definition) is 19. The van der Waals surface area contributed by atoms with Crippen molar-refractivity contribution < 1.29 is 102 Å². The van der Waals surface area contributed by atoms with Crippen molar-refractivity contribution in [2.24, 2.45) is 5.73 Å². The highest BCUT2D eigenvalue weighted by Gasteiger charge is 2.20. The lowest BCUT2D eigenvalue weighted by Gasteiger charge is -2.19. The van der Waals surface area contributed by atoms with Crippen LogP contribution >= 0.6 is 88.6 Å². The lowest BCUT2D eigenvalue weighted by atomic mass is 10.1. The number of alkyl halides is 3. The van der Waals surface area contributed by atoms with Gasteiger partial charge in [0.05, 0.1) is 60.8 Å². The van der Waals surface area contributed by atoms with Crippen LogP contribution in [0.1, 0.15) is 27.8 Å². The topological polar surface area (TPSA) is 337 Å². The van der Waals surface area contributed by atoms with Gasteiger partial charge in [0.2, 0.25) is 23.0 Å². The first-order valence-electron chi connectivity index (χ1n) is 33.0. The lowest BCUT2D eigenvalue weighted by molar-refractivity contribution is -0.126. The molecule has 3 amide bonds. The Bertz CT molecular complexity index is 4140. The van der Waals surface area contributed by atoms with Crippen LogP contribution in [0.5, 0.6) is 23.0 Å². The summed E-state index contributed by atoms with van der Waals surface area (Å²) in [5.74, 6) is 0.371. The van der Waals surface area contributed by atoms with E-state index in [1.165, 1.54) is 60.7 Å². The Labute approximate surface area is 679 Å². The van der Waals surface area contributed by atoms with Gasteiger partial charge in [-0.15, -0.1) is 0 Å². The fourth-order valence-corrected chi connectivity index (χ4v) is 11.1. The molecule has 109 heavy (non-hydrogen) atoms. The molecular formula is C74H83Br2ClF4I2N6O18S2. The number of fused-ring (bicyclic) bond motifs is 2. The molecule has 24 nitrogen and oxygen atoms in total. The number of nitrogens with one attached hydrogen (secondary N) is 5. The number of sulfonamides is 2. The predicted molar refractivity (Wildman–Crippen MR) is 430 cm³/mol. The molecule has 0 fully saturated rings. The number of aliphatic hydroxyl groups excluding tert-OH is 2. The van der Waals surface area contributed by atoms with E-state index in [0.29, 0.717) is 93.5 Å². The van der Waals surface area contributed by atoms with Crippen LogP contribution in [0.15, 0.2) is 192 Å². The summed E-state index contributed by atoms with van der Waals surface area (Å²) in [6, 6.07) is 46.5. The monoisotopic (exact) mass is 1930 g/mol. The zero-order valence-electron chi connectivity index (χ0n) is 58.6. The quantitative estimate of drug-likeness (QED) is 0.00866. The van der Waals surface area contributed by atoms with Crippen molar-refractivity contribution in [1.82, 2.24) is 16.0 Å². The van der Waals surface area contributed by atoms with Crippen LogP contribution in [-0.2, 0) is 91.0 Å². The first-order valence-corrected chi connectivity index (χ1v) is 41.1. The smallest absolute Gasteiger partial charge is 0.261 e. The van der Waals surface area contributed by atoms with Crippen molar-refractivity contribution in [1.29, 1.82) is 0 Å². The number of carbonyl (C=O) groups is 4. The predicted octanol–water partition coefficient (Wildman–Crippen LogP) is 11.3. The third kappa shape index (κ3) is 41.0. The van der Waals surface area contributed by atoms with Crippen LogP contribution in [0, 0.1) is 26.8 Å². The molecule has 2 aliphatic heterocycles. The Kier molecular flexibility index (Phi) is 46.9. The molecule has 8 aromatic rings. The number of amides is 3. The number of benzene rings is 8. The third-order valence-electron chi connectivity index (χ3n) is 13.4. The van der Waals surface area contributed by atoms with Crippen LogP contribution < -0.4 is 50.1 Å². The van der Waals surface area contributed by atoms with Crippen LogP contribution in [0.4, 0.5) is 28.9 Å². The number of halogens is 9.